The summed E-state index contributed by atoms with van der Waals surface area (Å²) in [6, 6.07) is 0. The lowest BCUT2D eigenvalue weighted by Gasteiger charge is -2.15. The molecule has 3 rings (SSSR count). The second-order valence-electron chi connectivity index (χ2n) is 6.31. The van der Waals surface area contributed by atoms with E-state index in [9.17, 15) is 4.79 Å². The highest BCUT2D eigenvalue weighted by atomic mass is 16.5. The fourth-order valence-corrected chi connectivity index (χ4v) is 3.03. The summed E-state index contributed by atoms with van der Waals surface area (Å²) in [5, 5.41) is 3.93. The van der Waals surface area contributed by atoms with Crippen LogP contribution in [0.4, 0.5) is 0 Å². The summed E-state index contributed by atoms with van der Waals surface area (Å²) in [6.07, 6.45) is 5.03. The smallest absolute Gasteiger partial charge is 0.275 e. The number of amides is 1. The Morgan fingerprint density at radius 3 is 3.04 bits per heavy atom. The van der Waals surface area contributed by atoms with Gasteiger partial charge in [0.15, 0.2) is 5.69 Å². The zero-order valence-electron chi connectivity index (χ0n) is 14.9. The van der Waals surface area contributed by atoms with Crippen molar-refractivity contribution in [1.82, 2.24) is 19.9 Å². The standard InChI is InChI=1S/C17H24N4O4/c1-4-14-12(10-25-19-14)7-20(2)17(22)15-11-24-16(18-15)9-21-6-5-13(8-21)23-3/h10-11,13H,4-9H2,1-3H3/t13-/m0/s1. The minimum atomic E-state index is -0.186. The number of likely N-dealkylation sites (tertiary alicyclic amines) is 1. The molecule has 8 heteroatoms. The van der Waals surface area contributed by atoms with E-state index in [0.29, 0.717) is 24.7 Å². The molecule has 0 unspecified atom stereocenters. The molecule has 0 N–H and O–H groups in total. The van der Waals surface area contributed by atoms with Gasteiger partial charge < -0.3 is 18.6 Å². The van der Waals surface area contributed by atoms with E-state index in [1.807, 2.05) is 6.92 Å². The Morgan fingerprint density at radius 2 is 2.32 bits per heavy atom. The molecule has 0 aromatic carbocycles. The van der Waals surface area contributed by atoms with E-state index < -0.39 is 0 Å². The molecule has 2 aromatic heterocycles. The van der Waals surface area contributed by atoms with Gasteiger partial charge in [-0.05, 0) is 12.8 Å². The maximum Gasteiger partial charge on any atom is 0.275 e. The van der Waals surface area contributed by atoms with Gasteiger partial charge in [-0.25, -0.2) is 4.98 Å². The van der Waals surface area contributed by atoms with Crippen molar-refractivity contribution in [2.24, 2.45) is 0 Å². The molecule has 1 saturated heterocycles. The van der Waals surface area contributed by atoms with Gasteiger partial charge in [-0.2, -0.15) is 0 Å². The molecular weight excluding hydrogens is 324 g/mol. The first kappa shape index (κ1) is 17.6. The number of methoxy groups -OCH3 is 1. The van der Waals surface area contributed by atoms with Gasteiger partial charge in [0.05, 0.1) is 24.9 Å². The van der Waals surface area contributed by atoms with Gasteiger partial charge in [0.2, 0.25) is 5.89 Å². The average molecular weight is 348 g/mol. The van der Waals surface area contributed by atoms with Crippen molar-refractivity contribution in [1.29, 1.82) is 0 Å². The Balaban J connectivity index is 1.58. The van der Waals surface area contributed by atoms with Crippen LogP contribution in [0.5, 0.6) is 0 Å². The van der Waals surface area contributed by atoms with Crippen molar-refractivity contribution in [3.05, 3.63) is 35.4 Å². The van der Waals surface area contributed by atoms with E-state index in [1.54, 1.807) is 25.3 Å². The molecule has 0 radical (unpaired) electrons. The molecule has 8 nitrogen and oxygen atoms in total. The van der Waals surface area contributed by atoms with Gasteiger partial charge in [0.25, 0.3) is 5.91 Å². The normalized spacial score (nSPS) is 18.0. The first-order valence-electron chi connectivity index (χ1n) is 8.47. The van der Waals surface area contributed by atoms with Crippen molar-refractivity contribution in [3.8, 4) is 0 Å². The van der Waals surface area contributed by atoms with Crippen LogP contribution in [0.3, 0.4) is 0 Å². The number of carbonyl (C=O) groups is 1. The molecule has 0 aliphatic carbocycles. The van der Waals surface area contributed by atoms with Gasteiger partial charge >= 0.3 is 0 Å². The van der Waals surface area contributed by atoms with Gasteiger partial charge in [0.1, 0.15) is 12.5 Å². The number of carbonyl (C=O) groups excluding carboxylic acids is 1. The van der Waals surface area contributed by atoms with Crippen molar-refractivity contribution in [3.63, 3.8) is 0 Å². The molecule has 25 heavy (non-hydrogen) atoms. The van der Waals surface area contributed by atoms with Crippen LogP contribution in [0.2, 0.25) is 0 Å². The summed E-state index contributed by atoms with van der Waals surface area (Å²) in [6.45, 7) is 4.81. The highest BCUT2D eigenvalue weighted by molar-refractivity contribution is 5.91. The van der Waals surface area contributed by atoms with E-state index in [4.69, 9.17) is 13.7 Å². The van der Waals surface area contributed by atoms with Crippen molar-refractivity contribution in [2.45, 2.75) is 39.0 Å². The first-order chi connectivity index (χ1) is 12.1. The number of aryl methyl sites for hydroxylation is 1. The molecule has 0 bridgehead atoms. The lowest BCUT2D eigenvalue weighted by molar-refractivity contribution is 0.0778. The summed E-state index contributed by atoms with van der Waals surface area (Å²) >= 11 is 0. The molecule has 1 atom stereocenters. The molecule has 0 spiro atoms. The van der Waals surface area contributed by atoms with Crippen LogP contribution in [0.15, 0.2) is 21.5 Å². The SMILES string of the molecule is CCc1nocc1CN(C)C(=O)c1coc(CN2CC[C@H](OC)C2)n1. The fraction of sp³-hybridized carbons (Fsp3) is 0.588. The van der Waals surface area contributed by atoms with Crippen LogP contribution in [0, 0.1) is 0 Å². The summed E-state index contributed by atoms with van der Waals surface area (Å²) in [7, 11) is 3.46. The summed E-state index contributed by atoms with van der Waals surface area (Å²) in [5.74, 6) is 0.363. The Hall–Kier alpha value is -2.19. The molecular formula is C17H24N4O4. The molecule has 1 aliphatic heterocycles. The summed E-state index contributed by atoms with van der Waals surface area (Å²) < 4.78 is 15.8. The predicted octanol–water partition coefficient (Wildman–Crippen LogP) is 1.72. The molecule has 1 fully saturated rings. The lowest BCUT2D eigenvalue weighted by atomic mass is 10.2. The van der Waals surface area contributed by atoms with E-state index >= 15 is 0 Å². The second-order valence-corrected chi connectivity index (χ2v) is 6.31. The minimum absolute atomic E-state index is 0.186. The predicted molar refractivity (Wildman–Crippen MR) is 88.9 cm³/mol. The first-order valence-corrected chi connectivity index (χ1v) is 8.47. The second kappa shape index (κ2) is 7.79. The minimum Gasteiger partial charge on any atom is -0.447 e. The van der Waals surface area contributed by atoms with Crippen LogP contribution in [-0.2, 0) is 24.2 Å². The third-order valence-electron chi connectivity index (χ3n) is 4.51. The largest absolute Gasteiger partial charge is 0.447 e. The lowest BCUT2D eigenvalue weighted by Crippen LogP contribution is -2.27. The number of nitrogens with zero attached hydrogens (tertiary/aromatic N) is 4. The zero-order valence-corrected chi connectivity index (χ0v) is 14.9. The maximum absolute atomic E-state index is 12.5. The van der Waals surface area contributed by atoms with Crippen LogP contribution in [0.25, 0.3) is 0 Å². The van der Waals surface area contributed by atoms with Gasteiger partial charge in [-0.3, -0.25) is 9.69 Å². The van der Waals surface area contributed by atoms with E-state index in [1.165, 1.54) is 6.26 Å². The van der Waals surface area contributed by atoms with E-state index in [0.717, 1.165) is 37.2 Å². The molecule has 136 valence electrons. The Morgan fingerprint density at radius 1 is 1.48 bits per heavy atom. The number of aromatic nitrogens is 2. The average Bonchev–Trinajstić information content (AvgIpc) is 3.35. The molecule has 1 amide bonds. The molecule has 3 heterocycles. The highest BCUT2D eigenvalue weighted by Gasteiger charge is 2.24. The van der Waals surface area contributed by atoms with Gasteiger partial charge in [0, 0.05) is 32.8 Å². The maximum atomic E-state index is 12.5. The van der Waals surface area contributed by atoms with Crippen LogP contribution < -0.4 is 0 Å². The number of oxazole rings is 1. The molecule has 2 aromatic rings. The van der Waals surface area contributed by atoms with Crippen LogP contribution in [0.1, 0.15) is 41.0 Å². The summed E-state index contributed by atoms with van der Waals surface area (Å²) in [4.78, 5) is 20.7. The zero-order chi connectivity index (χ0) is 17.8. The van der Waals surface area contributed by atoms with Gasteiger partial charge in [-0.15, -0.1) is 0 Å². The third kappa shape index (κ3) is 4.08. The fourth-order valence-electron chi connectivity index (χ4n) is 3.03. The van der Waals surface area contributed by atoms with Crippen LogP contribution in [-0.4, -0.2) is 59.2 Å². The van der Waals surface area contributed by atoms with Crippen molar-refractivity contribution >= 4 is 5.91 Å². The highest BCUT2D eigenvalue weighted by Crippen LogP contribution is 2.16. The van der Waals surface area contributed by atoms with Crippen molar-refractivity contribution < 1.29 is 18.5 Å². The molecule has 0 saturated carbocycles. The Kier molecular flexibility index (Phi) is 5.50. The summed E-state index contributed by atoms with van der Waals surface area (Å²) in [5.41, 5.74) is 2.08. The monoisotopic (exact) mass is 348 g/mol. The number of hydrogen-bond acceptors (Lipinski definition) is 7. The topological polar surface area (TPSA) is 84.8 Å². The number of ether oxygens (including phenoxy) is 1. The van der Waals surface area contributed by atoms with Crippen LogP contribution >= 0.6 is 0 Å². The Labute approximate surface area is 146 Å². The Bertz CT molecular complexity index is 711. The third-order valence-corrected chi connectivity index (χ3v) is 4.51. The van der Waals surface area contributed by atoms with Crippen molar-refractivity contribution in [2.75, 3.05) is 27.2 Å². The number of rotatable bonds is 7. The molecule has 1 aliphatic rings. The van der Waals surface area contributed by atoms with Gasteiger partial charge in [-0.1, -0.05) is 12.1 Å². The number of hydrogen-bond donors (Lipinski definition) is 0. The van der Waals surface area contributed by atoms with E-state index in [2.05, 4.69) is 15.0 Å². The van der Waals surface area contributed by atoms with E-state index in [-0.39, 0.29) is 12.0 Å². The quantitative estimate of drug-likeness (QED) is 0.753.